The molecule has 0 aromatic carbocycles. The molecule has 0 saturated carbocycles. The van der Waals surface area contributed by atoms with Crippen LogP contribution in [0.3, 0.4) is 0 Å². The van der Waals surface area contributed by atoms with Gasteiger partial charge in [-0.1, -0.05) is 6.92 Å². The Morgan fingerprint density at radius 1 is 1.78 bits per heavy atom. The van der Waals surface area contributed by atoms with Crippen molar-refractivity contribution < 1.29 is 5.11 Å². The number of rotatable bonds is 3. The molecule has 0 radical (unpaired) electrons. The third-order valence-corrected chi connectivity index (χ3v) is 1.65. The van der Waals surface area contributed by atoms with E-state index >= 15 is 0 Å². The van der Waals surface area contributed by atoms with Gasteiger partial charge in [-0.3, -0.25) is 10.9 Å². The highest BCUT2D eigenvalue weighted by Crippen LogP contribution is 2.06. The monoisotopic (exact) mass is 130 g/mol. The van der Waals surface area contributed by atoms with Gasteiger partial charge in [-0.15, -0.1) is 0 Å². The fourth-order valence-electron chi connectivity index (χ4n) is 0.949. The maximum absolute atomic E-state index is 8.66. The van der Waals surface area contributed by atoms with Crippen LogP contribution in [0.15, 0.2) is 0 Å². The van der Waals surface area contributed by atoms with Crippen LogP contribution in [-0.4, -0.2) is 24.3 Å². The summed E-state index contributed by atoms with van der Waals surface area (Å²) in [5.74, 6) is 0.435. The second-order valence-electron chi connectivity index (χ2n) is 2.75. The molecule has 0 aliphatic carbocycles. The number of nitrogens with one attached hydrogen (secondary N) is 2. The zero-order valence-electron chi connectivity index (χ0n) is 5.72. The molecule has 3 heteroatoms. The van der Waals surface area contributed by atoms with Gasteiger partial charge in [0, 0.05) is 19.2 Å². The van der Waals surface area contributed by atoms with Crippen molar-refractivity contribution in [2.45, 2.75) is 19.4 Å². The van der Waals surface area contributed by atoms with Gasteiger partial charge in [0.15, 0.2) is 0 Å². The minimum Gasteiger partial charge on any atom is -0.396 e. The molecule has 1 rings (SSSR count). The van der Waals surface area contributed by atoms with Crippen molar-refractivity contribution in [2.24, 2.45) is 5.92 Å². The van der Waals surface area contributed by atoms with Crippen molar-refractivity contribution in [1.82, 2.24) is 10.9 Å². The molecular formula is C6H14N2O. The summed E-state index contributed by atoms with van der Waals surface area (Å²) >= 11 is 0. The van der Waals surface area contributed by atoms with Crippen LogP contribution in [0.1, 0.15) is 13.3 Å². The first-order chi connectivity index (χ1) is 4.33. The van der Waals surface area contributed by atoms with Crippen LogP contribution in [-0.2, 0) is 0 Å². The molecule has 0 bridgehead atoms. The van der Waals surface area contributed by atoms with Crippen LogP contribution >= 0.6 is 0 Å². The van der Waals surface area contributed by atoms with Crippen LogP contribution in [0.25, 0.3) is 0 Å². The first-order valence-electron chi connectivity index (χ1n) is 3.42. The lowest BCUT2D eigenvalue weighted by atomic mass is 10.0. The molecule has 0 spiro atoms. The predicted molar refractivity (Wildman–Crippen MR) is 35.8 cm³/mol. The average molecular weight is 130 g/mol. The molecule has 0 aromatic heterocycles. The Hall–Kier alpha value is -0.120. The SMILES string of the molecule is CC(CO)CC1CNN1. The van der Waals surface area contributed by atoms with Crippen molar-refractivity contribution in [3.63, 3.8) is 0 Å². The molecule has 2 unspecified atom stereocenters. The zero-order valence-corrected chi connectivity index (χ0v) is 5.72. The van der Waals surface area contributed by atoms with Gasteiger partial charge in [0.25, 0.3) is 0 Å². The summed E-state index contributed by atoms with van der Waals surface area (Å²) in [7, 11) is 0. The van der Waals surface area contributed by atoms with Gasteiger partial charge in [-0.25, -0.2) is 0 Å². The van der Waals surface area contributed by atoms with Crippen LogP contribution in [0, 0.1) is 5.92 Å². The summed E-state index contributed by atoms with van der Waals surface area (Å²) in [5.41, 5.74) is 6.01. The van der Waals surface area contributed by atoms with Crippen molar-refractivity contribution in [2.75, 3.05) is 13.2 Å². The molecule has 1 aliphatic rings. The molecule has 0 aromatic rings. The second kappa shape index (κ2) is 3.15. The third kappa shape index (κ3) is 1.93. The highest BCUT2D eigenvalue weighted by atomic mass is 16.3. The normalized spacial score (nSPS) is 29.3. The van der Waals surface area contributed by atoms with Crippen LogP contribution in [0.5, 0.6) is 0 Å². The van der Waals surface area contributed by atoms with Gasteiger partial charge in [-0.2, -0.15) is 0 Å². The highest BCUT2D eigenvalue weighted by molar-refractivity contribution is 4.76. The van der Waals surface area contributed by atoms with E-state index in [1.807, 2.05) is 0 Å². The van der Waals surface area contributed by atoms with Gasteiger partial charge in [0.2, 0.25) is 0 Å². The van der Waals surface area contributed by atoms with Crippen LogP contribution in [0.4, 0.5) is 0 Å². The van der Waals surface area contributed by atoms with Gasteiger partial charge >= 0.3 is 0 Å². The Bertz CT molecular complexity index is 80.4. The number of aliphatic hydroxyl groups is 1. The van der Waals surface area contributed by atoms with Crippen molar-refractivity contribution >= 4 is 0 Å². The first kappa shape index (κ1) is 6.99. The topological polar surface area (TPSA) is 44.3 Å². The Morgan fingerprint density at radius 3 is 2.78 bits per heavy atom. The molecule has 1 fully saturated rings. The average Bonchev–Trinajstić information content (AvgIpc) is 1.78. The lowest BCUT2D eigenvalue weighted by Gasteiger charge is -2.30. The number of aliphatic hydroxyl groups excluding tert-OH is 1. The van der Waals surface area contributed by atoms with Crippen molar-refractivity contribution in [3.05, 3.63) is 0 Å². The van der Waals surface area contributed by atoms with Crippen LogP contribution in [0.2, 0.25) is 0 Å². The molecule has 1 saturated heterocycles. The summed E-state index contributed by atoms with van der Waals surface area (Å²) in [5, 5.41) is 8.66. The summed E-state index contributed by atoms with van der Waals surface area (Å²) < 4.78 is 0. The number of hydrazine groups is 1. The molecular weight excluding hydrogens is 116 g/mol. The predicted octanol–water partition coefficient (Wildman–Crippen LogP) is -0.519. The molecule has 1 aliphatic heterocycles. The first-order valence-corrected chi connectivity index (χ1v) is 3.42. The molecule has 2 atom stereocenters. The Kier molecular flexibility index (Phi) is 2.45. The summed E-state index contributed by atoms with van der Waals surface area (Å²) in [6.45, 7) is 3.41. The van der Waals surface area contributed by atoms with Gasteiger partial charge in [-0.05, 0) is 12.3 Å². The van der Waals surface area contributed by atoms with E-state index in [0.29, 0.717) is 18.6 Å². The number of hydrogen-bond donors (Lipinski definition) is 3. The van der Waals surface area contributed by atoms with E-state index in [4.69, 9.17) is 5.11 Å². The van der Waals surface area contributed by atoms with E-state index in [9.17, 15) is 0 Å². The minimum absolute atomic E-state index is 0.304. The van der Waals surface area contributed by atoms with E-state index in [1.54, 1.807) is 0 Å². The highest BCUT2D eigenvalue weighted by Gasteiger charge is 2.17. The third-order valence-electron chi connectivity index (χ3n) is 1.65. The van der Waals surface area contributed by atoms with E-state index < -0.39 is 0 Å². The summed E-state index contributed by atoms with van der Waals surface area (Å²) in [6, 6.07) is 0.590. The van der Waals surface area contributed by atoms with Crippen molar-refractivity contribution in [3.8, 4) is 0 Å². The minimum atomic E-state index is 0.304. The zero-order chi connectivity index (χ0) is 6.69. The standard InChI is InChI=1S/C6H14N2O/c1-5(4-9)2-6-3-7-8-6/h5-9H,2-4H2,1H3. The molecule has 1 heterocycles. The lowest BCUT2D eigenvalue weighted by molar-refractivity contribution is 0.187. The fourth-order valence-corrected chi connectivity index (χ4v) is 0.949. The van der Waals surface area contributed by atoms with Gasteiger partial charge < -0.3 is 5.11 Å². The van der Waals surface area contributed by atoms with E-state index in [1.165, 1.54) is 0 Å². The number of hydrogen-bond acceptors (Lipinski definition) is 3. The molecule has 3 nitrogen and oxygen atoms in total. The van der Waals surface area contributed by atoms with Gasteiger partial charge in [0.1, 0.15) is 0 Å². The smallest absolute Gasteiger partial charge is 0.0457 e. The molecule has 3 N–H and O–H groups in total. The Labute approximate surface area is 55.4 Å². The lowest BCUT2D eigenvalue weighted by Crippen LogP contribution is -2.59. The Balaban J connectivity index is 2.01. The maximum atomic E-state index is 8.66. The van der Waals surface area contributed by atoms with Gasteiger partial charge in [0.05, 0.1) is 0 Å². The fraction of sp³-hybridized carbons (Fsp3) is 1.00. The molecule has 0 amide bonds. The van der Waals surface area contributed by atoms with Crippen LogP contribution < -0.4 is 10.9 Å². The van der Waals surface area contributed by atoms with Crippen molar-refractivity contribution in [1.29, 1.82) is 0 Å². The van der Waals surface area contributed by atoms with E-state index in [2.05, 4.69) is 17.8 Å². The quantitative estimate of drug-likeness (QED) is 0.482. The second-order valence-corrected chi connectivity index (χ2v) is 2.75. The molecule has 9 heavy (non-hydrogen) atoms. The maximum Gasteiger partial charge on any atom is 0.0457 e. The Morgan fingerprint density at radius 2 is 2.44 bits per heavy atom. The van der Waals surface area contributed by atoms with E-state index in [-0.39, 0.29) is 0 Å². The largest absolute Gasteiger partial charge is 0.396 e. The summed E-state index contributed by atoms with van der Waals surface area (Å²) in [4.78, 5) is 0. The molecule has 54 valence electrons. The van der Waals surface area contributed by atoms with E-state index in [0.717, 1.165) is 13.0 Å². The summed E-state index contributed by atoms with van der Waals surface area (Å²) in [6.07, 6.45) is 1.07.